The van der Waals surface area contributed by atoms with Gasteiger partial charge in [-0.1, -0.05) is 31.2 Å². The van der Waals surface area contributed by atoms with E-state index in [1.54, 1.807) is 6.20 Å². The SMILES string of the molecule is C[C@@H]1C[C@H](c2ccc(C3C=N3)c3ncccc23)CN(C(=O)CCc2cccnc2)C1. The summed E-state index contributed by atoms with van der Waals surface area (Å²) in [6, 6.07) is 12.7. The number of carbonyl (C=O) groups is 1. The van der Waals surface area contributed by atoms with Gasteiger partial charge >= 0.3 is 0 Å². The van der Waals surface area contributed by atoms with Gasteiger partial charge in [0.2, 0.25) is 5.91 Å². The quantitative estimate of drug-likeness (QED) is 0.642. The number of amides is 1. The molecule has 1 amide bonds. The number of aliphatic imine (C=N–C) groups is 1. The Kier molecular flexibility index (Phi) is 5.03. The van der Waals surface area contributed by atoms with Crippen LogP contribution < -0.4 is 0 Å². The van der Waals surface area contributed by atoms with E-state index in [0.29, 0.717) is 18.3 Å². The molecule has 5 heteroatoms. The number of benzene rings is 1. The predicted molar refractivity (Wildman–Crippen MR) is 119 cm³/mol. The van der Waals surface area contributed by atoms with E-state index in [1.807, 2.05) is 36.8 Å². The van der Waals surface area contributed by atoms with Crippen LogP contribution in [-0.4, -0.2) is 40.1 Å². The highest BCUT2D eigenvalue weighted by Gasteiger charge is 2.30. The zero-order valence-corrected chi connectivity index (χ0v) is 17.2. The average molecular weight is 399 g/mol. The molecule has 2 aliphatic heterocycles. The zero-order valence-electron chi connectivity index (χ0n) is 17.2. The van der Waals surface area contributed by atoms with Crippen LogP contribution in [-0.2, 0) is 11.2 Å². The first-order valence-electron chi connectivity index (χ1n) is 10.8. The summed E-state index contributed by atoms with van der Waals surface area (Å²) in [6.45, 7) is 3.87. The molecule has 30 heavy (non-hydrogen) atoms. The largest absolute Gasteiger partial charge is 0.342 e. The number of aryl methyl sites for hydroxylation is 1. The third-order valence-corrected chi connectivity index (χ3v) is 6.25. The summed E-state index contributed by atoms with van der Waals surface area (Å²) >= 11 is 0. The topological polar surface area (TPSA) is 58.5 Å². The second kappa shape index (κ2) is 7.98. The lowest BCUT2D eigenvalue weighted by molar-refractivity contribution is -0.133. The van der Waals surface area contributed by atoms with E-state index in [9.17, 15) is 4.79 Å². The molecule has 2 aromatic heterocycles. The Hall–Kier alpha value is -3.08. The van der Waals surface area contributed by atoms with E-state index in [1.165, 1.54) is 16.5 Å². The number of aromatic nitrogens is 2. The second-order valence-corrected chi connectivity index (χ2v) is 8.58. The normalized spacial score (nSPS) is 23.0. The highest BCUT2D eigenvalue weighted by molar-refractivity contribution is 5.92. The van der Waals surface area contributed by atoms with Crippen molar-refractivity contribution in [2.75, 3.05) is 13.1 Å². The van der Waals surface area contributed by atoms with Crippen molar-refractivity contribution in [3.05, 3.63) is 71.7 Å². The van der Waals surface area contributed by atoms with Crippen LogP contribution in [0.25, 0.3) is 10.9 Å². The molecule has 1 saturated heterocycles. The van der Waals surface area contributed by atoms with Crippen LogP contribution in [0.1, 0.15) is 48.4 Å². The third-order valence-electron chi connectivity index (χ3n) is 6.25. The van der Waals surface area contributed by atoms with Crippen molar-refractivity contribution < 1.29 is 4.79 Å². The molecule has 0 bridgehead atoms. The fourth-order valence-corrected chi connectivity index (χ4v) is 4.75. The predicted octanol–water partition coefficient (Wildman–Crippen LogP) is 4.34. The number of pyridine rings is 2. The van der Waals surface area contributed by atoms with Gasteiger partial charge in [-0.15, -0.1) is 0 Å². The molecule has 1 aromatic carbocycles. The number of hydrogen-bond acceptors (Lipinski definition) is 4. The molecule has 3 aromatic rings. The number of piperidine rings is 1. The first-order valence-corrected chi connectivity index (χ1v) is 10.8. The maximum Gasteiger partial charge on any atom is 0.222 e. The van der Waals surface area contributed by atoms with E-state index >= 15 is 0 Å². The molecular weight excluding hydrogens is 372 g/mol. The van der Waals surface area contributed by atoms with Crippen LogP contribution in [0.2, 0.25) is 0 Å². The maximum absolute atomic E-state index is 13.0. The number of likely N-dealkylation sites (tertiary alicyclic amines) is 1. The van der Waals surface area contributed by atoms with Crippen LogP contribution in [0.5, 0.6) is 0 Å². The summed E-state index contributed by atoms with van der Waals surface area (Å²) < 4.78 is 0. The summed E-state index contributed by atoms with van der Waals surface area (Å²) in [5.41, 5.74) is 4.65. The minimum atomic E-state index is 0.187. The van der Waals surface area contributed by atoms with E-state index < -0.39 is 0 Å². The Labute approximate surface area is 176 Å². The summed E-state index contributed by atoms with van der Waals surface area (Å²) in [4.78, 5) is 28.2. The van der Waals surface area contributed by atoms with Crippen molar-refractivity contribution in [2.24, 2.45) is 10.9 Å². The molecule has 3 atom stereocenters. The lowest BCUT2D eigenvalue weighted by Gasteiger charge is -2.37. The molecule has 5 nitrogen and oxygen atoms in total. The van der Waals surface area contributed by atoms with Crippen LogP contribution >= 0.6 is 0 Å². The second-order valence-electron chi connectivity index (χ2n) is 8.58. The van der Waals surface area contributed by atoms with Gasteiger partial charge in [-0.2, -0.15) is 0 Å². The third kappa shape index (κ3) is 3.84. The van der Waals surface area contributed by atoms with Gasteiger partial charge < -0.3 is 4.90 Å². The van der Waals surface area contributed by atoms with Crippen LogP contribution in [0.3, 0.4) is 0 Å². The lowest BCUT2D eigenvalue weighted by atomic mass is 9.83. The molecule has 0 spiro atoms. The molecule has 1 fully saturated rings. The van der Waals surface area contributed by atoms with Crippen molar-refractivity contribution >= 4 is 23.0 Å². The van der Waals surface area contributed by atoms with Gasteiger partial charge in [-0.3, -0.25) is 19.8 Å². The number of nitrogens with zero attached hydrogens (tertiary/aromatic N) is 4. The number of hydrogen-bond donors (Lipinski definition) is 0. The van der Waals surface area contributed by atoms with Crippen LogP contribution in [0.15, 0.2) is 60.0 Å². The zero-order chi connectivity index (χ0) is 20.5. The maximum atomic E-state index is 13.0. The average Bonchev–Trinajstić information content (AvgIpc) is 3.62. The van der Waals surface area contributed by atoms with Gasteiger partial charge in [-0.05, 0) is 42.0 Å². The van der Waals surface area contributed by atoms with Gasteiger partial charge in [-0.25, -0.2) is 0 Å². The molecular formula is C25H26N4O. The molecule has 5 rings (SSSR count). The fourth-order valence-electron chi connectivity index (χ4n) is 4.75. The number of carbonyl (C=O) groups excluding carboxylic acids is 1. The molecule has 0 saturated carbocycles. The Morgan fingerprint density at radius 3 is 2.73 bits per heavy atom. The lowest BCUT2D eigenvalue weighted by Crippen LogP contribution is -2.42. The van der Waals surface area contributed by atoms with Crippen molar-refractivity contribution in [1.29, 1.82) is 0 Å². The van der Waals surface area contributed by atoms with Crippen LogP contribution in [0, 0.1) is 5.92 Å². The van der Waals surface area contributed by atoms with E-state index in [-0.39, 0.29) is 11.9 Å². The molecule has 4 heterocycles. The van der Waals surface area contributed by atoms with Crippen molar-refractivity contribution in [2.45, 2.75) is 38.1 Å². The molecule has 0 aliphatic carbocycles. The summed E-state index contributed by atoms with van der Waals surface area (Å²) in [5, 5.41) is 1.20. The standard InChI is InChI=1S/C25H26N4O/c1-17-12-19(16-29(15-17)24(30)9-6-18-4-2-10-26-13-18)20-7-8-22(23-14-28-23)25-21(20)5-3-11-27-25/h2-5,7-8,10-11,13-14,17,19,23H,6,9,12,15-16H2,1H3/t17-,19+,23?/m1/s1. The van der Waals surface area contributed by atoms with Gasteiger partial charge in [0.25, 0.3) is 0 Å². The van der Waals surface area contributed by atoms with Gasteiger partial charge in [0.15, 0.2) is 0 Å². The van der Waals surface area contributed by atoms with Crippen molar-refractivity contribution in [1.82, 2.24) is 14.9 Å². The minimum absolute atomic E-state index is 0.187. The highest BCUT2D eigenvalue weighted by atomic mass is 16.2. The van der Waals surface area contributed by atoms with Crippen molar-refractivity contribution in [3.63, 3.8) is 0 Å². The van der Waals surface area contributed by atoms with E-state index in [2.05, 4.69) is 45.0 Å². The summed E-state index contributed by atoms with van der Waals surface area (Å²) in [5.74, 6) is 1.04. The summed E-state index contributed by atoms with van der Waals surface area (Å²) in [7, 11) is 0. The Balaban J connectivity index is 1.36. The first-order chi connectivity index (χ1) is 14.7. The van der Waals surface area contributed by atoms with E-state index in [0.717, 1.165) is 37.0 Å². The van der Waals surface area contributed by atoms with Crippen LogP contribution in [0.4, 0.5) is 0 Å². The van der Waals surface area contributed by atoms with Gasteiger partial charge in [0.1, 0.15) is 6.04 Å². The van der Waals surface area contributed by atoms with Crippen molar-refractivity contribution in [3.8, 4) is 0 Å². The minimum Gasteiger partial charge on any atom is -0.342 e. The monoisotopic (exact) mass is 398 g/mol. The molecule has 1 unspecified atom stereocenters. The highest BCUT2D eigenvalue weighted by Crippen LogP contribution is 2.38. The van der Waals surface area contributed by atoms with Gasteiger partial charge in [0, 0.05) is 61.2 Å². The molecule has 0 radical (unpaired) electrons. The molecule has 152 valence electrons. The smallest absolute Gasteiger partial charge is 0.222 e. The van der Waals surface area contributed by atoms with E-state index in [4.69, 9.17) is 0 Å². The molecule has 0 N–H and O–H groups in total. The number of rotatable bonds is 5. The van der Waals surface area contributed by atoms with Gasteiger partial charge in [0.05, 0.1) is 5.52 Å². The Bertz CT molecular complexity index is 1090. The Morgan fingerprint density at radius 2 is 1.93 bits per heavy atom. The first kappa shape index (κ1) is 18.9. The fraction of sp³-hybridized carbons (Fsp3) is 0.360. The molecule has 2 aliphatic rings. The summed E-state index contributed by atoms with van der Waals surface area (Å²) in [6.07, 6.45) is 9.80. The number of fused-ring (bicyclic) bond motifs is 1. The Morgan fingerprint density at radius 1 is 1.10 bits per heavy atom.